The zero-order valence-electron chi connectivity index (χ0n) is 11.6. The number of amidine groups is 1. The first kappa shape index (κ1) is 14.5. The summed E-state index contributed by atoms with van der Waals surface area (Å²) in [4.78, 5) is 5.38. The molecule has 2 aromatic rings. The van der Waals surface area contributed by atoms with E-state index in [1.165, 1.54) is 11.3 Å². The lowest BCUT2D eigenvalue weighted by atomic mass is 10.2. The fraction of sp³-hybridized carbons (Fsp3) is 0.333. The Morgan fingerprint density at radius 1 is 1.30 bits per heavy atom. The van der Waals surface area contributed by atoms with E-state index in [1.54, 1.807) is 0 Å². The average Bonchev–Trinajstić information content (AvgIpc) is 2.84. The SMILES string of the molecule is CCCc1nc(CCOc2ccccc2)sc1C(=N)N. The van der Waals surface area contributed by atoms with Crippen LogP contribution in [0.1, 0.15) is 28.9 Å². The van der Waals surface area contributed by atoms with Gasteiger partial charge in [0.2, 0.25) is 0 Å². The van der Waals surface area contributed by atoms with E-state index in [9.17, 15) is 0 Å². The lowest BCUT2D eigenvalue weighted by Crippen LogP contribution is -2.11. The molecule has 1 heterocycles. The normalized spacial score (nSPS) is 10.4. The molecule has 0 saturated heterocycles. The van der Waals surface area contributed by atoms with Gasteiger partial charge in [-0.05, 0) is 18.6 Å². The van der Waals surface area contributed by atoms with E-state index in [2.05, 4.69) is 11.9 Å². The van der Waals surface area contributed by atoms with Crippen LogP contribution < -0.4 is 10.5 Å². The van der Waals surface area contributed by atoms with Gasteiger partial charge in [-0.1, -0.05) is 31.5 Å². The van der Waals surface area contributed by atoms with E-state index in [-0.39, 0.29) is 5.84 Å². The molecule has 0 saturated carbocycles. The molecule has 20 heavy (non-hydrogen) atoms. The summed E-state index contributed by atoms with van der Waals surface area (Å²) in [5.74, 6) is 0.978. The second kappa shape index (κ2) is 7.05. The van der Waals surface area contributed by atoms with Gasteiger partial charge in [0.1, 0.15) is 11.6 Å². The van der Waals surface area contributed by atoms with E-state index in [1.807, 2.05) is 30.3 Å². The van der Waals surface area contributed by atoms with Gasteiger partial charge in [0.05, 0.1) is 22.2 Å². The summed E-state index contributed by atoms with van der Waals surface area (Å²) in [7, 11) is 0. The van der Waals surface area contributed by atoms with Crippen molar-refractivity contribution in [2.24, 2.45) is 5.73 Å². The van der Waals surface area contributed by atoms with Crippen LogP contribution in [0.3, 0.4) is 0 Å². The lowest BCUT2D eigenvalue weighted by Gasteiger charge is -2.03. The molecule has 106 valence electrons. The molecule has 1 aromatic carbocycles. The molecule has 1 aromatic heterocycles. The number of ether oxygens (including phenoxy) is 1. The maximum atomic E-state index is 7.60. The number of nitrogen functional groups attached to an aromatic ring is 1. The topological polar surface area (TPSA) is 72.0 Å². The van der Waals surface area contributed by atoms with Gasteiger partial charge in [-0.3, -0.25) is 5.41 Å². The molecule has 0 bridgehead atoms. The zero-order valence-corrected chi connectivity index (χ0v) is 12.4. The van der Waals surface area contributed by atoms with Crippen LogP contribution in [-0.4, -0.2) is 17.4 Å². The second-order valence-electron chi connectivity index (χ2n) is 4.46. The standard InChI is InChI=1S/C15H19N3OS/c1-2-6-12-14(15(16)17)20-13(18-12)9-10-19-11-7-4-3-5-8-11/h3-5,7-8H,2,6,9-10H2,1H3,(H3,16,17). The minimum atomic E-state index is 0.112. The van der Waals surface area contributed by atoms with Crippen LogP contribution in [0.5, 0.6) is 5.75 Å². The molecule has 3 N–H and O–H groups in total. The number of nitrogens with one attached hydrogen (secondary N) is 1. The van der Waals surface area contributed by atoms with Crippen molar-refractivity contribution >= 4 is 17.2 Å². The number of benzene rings is 1. The lowest BCUT2D eigenvalue weighted by molar-refractivity contribution is 0.321. The summed E-state index contributed by atoms with van der Waals surface area (Å²) in [5.41, 5.74) is 6.54. The van der Waals surface area contributed by atoms with Gasteiger partial charge in [-0.2, -0.15) is 0 Å². The van der Waals surface area contributed by atoms with Gasteiger partial charge in [-0.15, -0.1) is 11.3 Å². The van der Waals surface area contributed by atoms with Crippen molar-refractivity contribution in [1.29, 1.82) is 5.41 Å². The molecule has 0 unspecified atom stereocenters. The Morgan fingerprint density at radius 2 is 2.05 bits per heavy atom. The van der Waals surface area contributed by atoms with Crippen molar-refractivity contribution < 1.29 is 4.74 Å². The number of nitrogens with two attached hydrogens (primary N) is 1. The highest BCUT2D eigenvalue weighted by molar-refractivity contribution is 7.13. The smallest absolute Gasteiger partial charge is 0.135 e. The molecule has 0 atom stereocenters. The summed E-state index contributed by atoms with van der Waals surface area (Å²) in [6.07, 6.45) is 2.61. The van der Waals surface area contributed by atoms with Gasteiger partial charge in [0.15, 0.2) is 0 Å². The van der Waals surface area contributed by atoms with Crippen molar-refractivity contribution in [2.45, 2.75) is 26.2 Å². The minimum Gasteiger partial charge on any atom is -0.493 e. The molecule has 0 aliphatic carbocycles. The van der Waals surface area contributed by atoms with Crippen LogP contribution in [0, 0.1) is 5.41 Å². The van der Waals surface area contributed by atoms with Crippen LogP contribution in [0.15, 0.2) is 30.3 Å². The first-order valence-electron chi connectivity index (χ1n) is 6.71. The van der Waals surface area contributed by atoms with Crippen molar-refractivity contribution in [2.75, 3.05) is 6.61 Å². The summed E-state index contributed by atoms with van der Waals surface area (Å²) in [5, 5.41) is 8.58. The Hall–Kier alpha value is -1.88. The average molecular weight is 289 g/mol. The molecular formula is C15H19N3OS. The second-order valence-corrected chi connectivity index (χ2v) is 5.54. The van der Waals surface area contributed by atoms with Crippen LogP contribution in [-0.2, 0) is 12.8 Å². The largest absolute Gasteiger partial charge is 0.493 e. The Morgan fingerprint density at radius 3 is 2.70 bits per heavy atom. The molecule has 2 rings (SSSR count). The van der Waals surface area contributed by atoms with Crippen molar-refractivity contribution in [3.63, 3.8) is 0 Å². The number of nitrogens with zero attached hydrogens (tertiary/aromatic N) is 1. The predicted molar refractivity (Wildman–Crippen MR) is 82.8 cm³/mol. The molecule has 0 fully saturated rings. The van der Waals surface area contributed by atoms with Gasteiger partial charge < -0.3 is 10.5 Å². The number of hydrogen-bond donors (Lipinski definition) is 2. The summed E-state index contributed by atoms with van der Waals surface area (Å²) >= 11 is 1.50. The summed E-state index contributed by atoms with van der Waals surface area (Å²) < 4.78 is 5.66. The number of rotatable bonds is 7. The van der Waals surface area contributed by atoms with Crippen LogP contribution in [0.2, 0.25) is 0 Å². The summed E-state index contributed by atoms with van der Waals surface area (Å²) in [6.45, 7) is 2.68. The van der Waals surface area contributed by atoms with Crippen molar-refractivity contribution in [3.05, 3.63) is 45.9 Å². The predicted octanol–water partition coefficient (Wildman–Crippen LogP) is 3.00. The zero-order chi connectivity index (χ0) is 14.4. The highest BCUT2D eigenvalue weighted by atomic mass is 32.1. The number of hydrogen-bond acceptors (Lipinski definition) is 4. The number of para-hydroxylation sites is 1. The maximum absolute atomic E-state index is 7.60. The van der Waals surface area contributed by atoms with Gasteiger partial charge in [0.25, 0.3) is 0 Å². The first-order chi connectivity index (χ1) is 9.70. The van der Waals surface area contributed by atoms with Crippen LogP contribution in [0.25, 0.3) is 0 Å². The van der Waals surface area contributed by atoms with E-state index in [4.69, 9.17) is 15.9 Å². The Bertz CT molecular complexity index is 566. The Balaban J connectivity index is 1.96. The number of aryl methyl sites for hydroxylation is 1. The van der Waals surface area contributed by atoms with E-state index >= 15 is 0 Å². The molecular weight excluding hydrogens is 270 g/mol. The molecule has 5 heteroatoms. The number of aromatic nitrogens is 1. The van der Waals surface area contributed by atoms with E-state index in [0.29, 0.717) is 6.61 Å². The maximum Gasteiger partial charge on any atom is 0.135 e. The minimum absolute atomic E-state index is 0.112. The first-order valence-corrected chi connectivity index (χ1v) is 7.53. The monoisotopic (exact) mass is 289 g/mol. The number of thiazole rings is 1. The van der Waals surface area contributed by atoms with Gasteiger partial charge in [-0.25, -0.2) is 4.98 Å². The molecule has 0 spiro atoms. The molecule has 0 amide bonds. The van der Waals surface area contributed by atoms with Crippen molar-refractivity contribution in [3.8, 4) is 5.75 Å². The third kappa shape index (κ3) is 3.81. The highest BCUT2D eigenvalue weighted by Gasteiger charge is 2.12. The van der Waals surface area contributed by atoms with E-state index < -0.39 is 0 Å². The van der Waals surface area contributed by atoms with E-state index in [0.717, 1.165) is 40.6 Å². The molecule has 0 aliphatic rings. The van der Waals surface area contributed by atoms with Gasteiger partial charge in [0, 0.05) is 6.42 Å². The Labute approximate surface area is 123 Å². The van der Waals surface area contributed by atoms with Crippen molar-refractivity contribution in [1.82, 2.24) is 4.98 Å². The Kier molecular flexibility index (Phi) is 5.12. The third-order valence-electron chi connectivity index (χ3n) is 2.80. The summed E-state index contributed by atoms with van der Waals surface area (Å²) in [6, 6.07) is 9.73. The highest BCUT2D eigenvalue weighted by Crippen LogP contribution is 2.20. The molecule has 0 aliphatic heterocycles. The van der Waals surface area contributed by atoms with Crippen LogP contribution >= 0.6 is 11.3 Å². The quantitative estimate of drug-likeness (QED) is 0.608. The van der Waals surface area contributed by atoms with Crippen LogP contribution in [0.4, 0.5) is 0 Å². The fourth-order valence-electron chi connectivity index (χ4n) is 1.90. The fourth-order valence-corrected chi connectivity index (χ4v) is 2.85. The molecule has 4 nitrogen and oxygen atoms in total. The molecule has 0 radical (unpaired) electrons. The third-order valence-corrected chi connectivity index (χ3v) is 3.99. The van der Waals surface area contributed by atoms with Gasteiger partial charge >= 0.3 is 0 Å².